The SMILES string of the molecule is Cc1c(C(=O)NC[C@@H](C)c2ccccc2)oc2ccc3c(c12)C(=O)CC1(CCCCC1)O3. The molecule has 1 aliphatic carbocycles. The summed E-state index contributed by atoms with van der Waals surface area (Å²) in [6.07, 6.45) is 5.65. The van der Waals surface area contributed by atoms with Gasteiger partial charge in [0.2, 0.25) is 0 Å². The van der Waals surface area contributed by atoms with Crippen LogP contribution in [0, 0.1) is 6.92 Å². The first-order chi connectivity index (χ1) is 15.5. The van der Waals surface area contributed by atoms with Gasteiger partial charge in [0.05, 0.1) is 12.0 Å². The standard InChI is InChI=1S/C27H29NO4/c1-17(19-9-5-3-6-10-19)16-28-26(30)25-18(2)23-21(31-25)11-12-22-24(23)20(29)15-27(32-22)13-7-4-8-14-27/h3,5-6,9-12,17H,4,7-8,13-16H2,1-2H3,(H,28,30)/t17-/m1/s1. The van der Waals surface area contributed by atoms with Crippen molar-refractivity contribution in [1.29, 1.82) is 0 Å². The Labute approximate surface area is 188 Å². The van der Waals surface area contributed by atoms with Gasteiger partial charge in [0.15, 0.2) is 11.5 Å². The smallest absolute Gasteiger partial charge is 0.287 e. The molecular formula is C27H29NO4. The largest absolute Gasteiger partial charge is 0.486 e. The first-order valence-corrected chi connectivity index (χ1v) is 11.6. The summed E-state index contributed by atoms with van der Waals surface area (Å²) in [5.41, 5.74) is 2.62. The van der Waals surface area contributed by atoms with Gasteiger partial charge in [-0.1, -0.05) is 43.7 Å². The van der Waals surface area contributed by atoms with Crippen molar-refractivity contribution >= 4 is 22.7 Å². The van der Waals surface area contributed by atoms with Crippen LogP contribution in [0.5, 0.6) is 5.75 Å². The number of fused-ring (bicyclic) bond motifs is 3. The number of ketones is 1. The van der Waals surface area contributed by atoms with Crippen LogP contribution in [0.3, 0.4) is 0 Å². The summed E-state index contributed by atoms with van der Waals surface area (Å²) in [4.78, 5) is 26.2. The Morgan fingerprint density at radius 2 is 1.84 bits per heavy atom. The molecule has 1 saturated carbocycles. The van der Waals surface area contributed by atoms with Crippen LogP contribution in [0.1, 0.15) is 83.4 Å². The molecule has 1 aliphatic heterocycles. The van der Waals surface area contributed by atoms with Crippen LogP contribution in [-0.4, -0.2) is 23.8 Å². The van der Waals surface area contributed by atoms with Gasteiger partial charge in [0.25, 0.3) is 5.91 Å². The second-order valence-electron chi connectivity index (χ2n) is 9.34. The fourth-order valence-electron chi connectivity index (χ4n) is 5.25. The van der Waals surface area contributed by atoms with Gasteiger partial charge >= 0.3 is 0 Å². The van der Waals surface area contributed by atoms with Crippen LogP contribution in [0.4, 0.5) is 0 Å². The van der Waals surface area contributed by atoms with Crippen molar-refractivity contribution in [2.45, 2.75) is 63.9 Å². The fraction of sp³-hybridized carbons (Fsp3) is 0.407. The zero-order valence-electron chi connectivity index (χ0n) is 18.7. The molecule has 3 aromatic rings. The number of nitrogens with one attached hydrogen (secondary N) is 1. The Morgan fingerprint density at radius 3 is 2.59 bits per heavy atom. The van der Waals surface area contributed by atoms with Gasteiger partial charge in [-0.2, -0.15) is 0 Å². The van der Waals surface area contributed by atoms with Crippen LogP contribution in [0.2, 0.25) is 0 Å². The molecule has 5 nitrogen and oxygen atoms in total. The molecule has 32 heavy (non-hydrogen) atoms. The van der Waals surface area contributed by atoms with Gasteiger partial charge in [0, 0.05) is 17.5 Å². The number of carbonyl (C=O) groups excluding carboxylic acids is 2. The third kappa shape index (κ3) is 3.60. The van der Waals surface area contributed by atoms with Crippen molar-refractivity contribution in [2.24, 2.45) is 0 Å². The number of benzene rings is 2. The van der Waals surface area contributed by atoms with E-state index in [0.29, 0.717) is 40.8 Å². The van der Waals surface area contributed by atoms with Crippen molar-refractivity contribution < 1.29 is 18.7 Å². The molecule has 5 rings (SSSR count). The maximum absolute atomic E-state index is 13.3. The average molecular weight is 432 g/mol. The van der Waals surface area contributed by atoms with Crippen LogP contribution in [0.25, 0.3) is 11.0 Å². The van der Waals surface area contributed by atoms with Gasteiger partial charge < -0.3 is 14.5 Å². The first-order valence-electron chi connectivity index (χ1n) is 11.6. The zero-order valence-corrected chi connectivity index (χ0v) is 18.7. The summed E-state index contributed by atoms with van der Waals surface area (Å²) in [5, 5.41) is 3.70. The van der Waals surface area contributed by atoms with Crippen molar-refractivity contribution in [3.63, 3.8) is 0 Å². The summed E-state index contributed by atoms with van der Waals surface area (Å²) in [6, 6.07) is 13.7. The maximum Gasteiger partial charge on any atom is 0.287 e. The molecule has 1 amide bonds. The van der Waals surface area contributed by atoms with Gasteiger partial charge in [-0.15, -0.1) is 0 Å². The quantitative estimate of drug-likeness (QED) is 0.555. The highest BCUT2D eigenvalue weighted by Crippen LogP contribution is 2.45. The van der Waals surface area contributed by atoms with E-state index in [1.54, 1.807) is 0 Å². The van der Waals surface area contributed by atoms with Crippen LogP contribution < -0.4 is 10.1 Å². The summed E-state index contributed by atoms with van der Waals surface area (Å²) >= 11 is 0. The number of hydrogen-bond acceptors (Lipinski definition) is 4. The molecule has 0 unspecified atom stereocenters. The minimum absolute atomic E-state index is 0.0901. The van der Waals surface area contributed by atoms with E-state index in [4.69, 9.17) is 9.15 Å². The molecule has 1 atom stereocenters. The molecule has 2 heterocycles. The fourth-order valence-corrected chi connectivity index (χ4v) is 5.25. The Hall–Kier alpha value is -3.08. The van der Waals surface area contributed by atoms with E-state index in [9.17, 15) is 9.59 Å². The minimum Gasteiger partial charge on any atom is -0.486 e. The molecule has 2 aliphatic rings. The number of Topliss-reactive ketones (excluding diaryl/α,β-unsaturated/α-hetero) is 1. The summed E-state index contributed by atoms with van der Waals surface area (Å²) in [6.45, 7) is 4.43. The first kappa shape index (κ1) is 20.8. The summed E-state index contributed by atoms with van der Waals surface area (Å²) < 4.78 is 12.4. The van der Waals surface area contributed by atoms with Crippen LogP contribution in [0.15, 0.2) is 46.9 Å². The Morgan fingerprint density at radius 1 is 1.09 bits per heavy atom. The zero-order chi connectivity index (χ0) is 22.3. The number of rotatable bonds is 4. The minimum atomic E-state index is -0.360. The average Bonchev–Trinajstić information content (AvgIpc) is 3.14. The molecule has 0 radical (unpaired) electrons. The van der Waals surface area contributed by atoms with E-state index in [-0.39, 0.29) is 29.0 Å². The molecular weight excluding hydrogens is 402 g/mol. The van der Waals surface area contributed by atoms with E-state index < -0.39 is 0 Å². The Balaban J connectivity index is 1.41. The number of aryl methyl sites for hydroxylation is 1. The molecule has 1 fully saturated rings. The number of furan rings is 1. The monoisotopic (exact) mass is 431 g/mol. The van der Waals surface area contributed by atoms with Gasteiger partial charge in [-0.25, -0.2) is 0 Å². The van der Waals surface area contributed by atoms with Crippen molar-refractivity contribution in [2.75, 3.05) is 6.54 Å². The van der Waals surface area contributed by atoms with Gasteiger partial charge in [-0.3, -0.25) is 9.59 Å². The van der Waals surface area contributed by atoms with Gasteiger partial charge in [-0.05, 0) is 56.2 Å². The second kappa shape index (κ2) is 8.12. The lowest BCUT2D eigenvalue weighted by Gasteiger charge is -2.40. The molecule has 0 bridgehead atoms. The third-order valence-electron chi connectivity index (χ3n) is 7.05. The Kier molecular flexibility index (Phi) is 5.28. The predicted molar refractivity (Wildman–Crippen MR) is 124 cm³/mol. The van der Waals surface area contributed by atoms with E-state index in [2.05, 4.69) is 24.4 Å². The molecule has 1 spiro atoms. The van der Waals surface area contributed by atoms with E-state index in [1.165, 1.54) is 12.0 Å². The highest BCUT2D eigenvalue weighted by molar-refractivity contribution is 6.13. The summed E-state index contributed by atoms with van der Waals surface area (Å²) in [7, 11) is 0. The molecule has 5 heteroatoms. The molecule has 166 valence electrons. The lowest BCUT2D eigenvalue weighted by atomic mass is 9.78. The Bertz CT molecular complexity index is 1170. The molecule has 1 aromatic heterocycles. The van der Waals surface area contributed by atoms with Crippen LogP contribution in [-0.2, 0) is 0 Å². The van der Waals surface area contributed by atoms with Crippen molar-refractivity contribution in [3.8, 4) is 5.75 Å². The lowest BCUT2D eigenvalue weighted by molar-refractivity contribution is 0.0139. The number of carbonyl (C=O) groups is 2. The number of ether oxygens (including phenoxy) is 1. The highest BCUT2D eigenvalue weighted by Gasteiger charge is 2.42. The third-order valence-corrected chi connectivity index (χ3v) is 7.05. The topological polar surface area (TPSA) is 68.5 Å². The lowest BCUT2D eigenvalue weighted by Crippen LogP contribution is -2.43. The van der Waals surface area contributed by atoms with E-state index in [0.717, 1.165) is 25.7 Å². The van der Waals surface area contributed by atoms with E-state index >= 15 is 0 Å². The van der Waals surface area contributed by atoms with Gasteiger partial charge in [0.1, 0.15) is 16.9 Å². The summed E-state index contributed by atoms with van der Waals surface area (Å²) in [5.74, 6) is 0.901. The van der Waals surface area contributed by atoms with E-state index in [1.807, 2.05) is 37.3 Å². The molecule has 2 aromatic carbocycles. The van der Waals surface area contributed by atoms with Crippen molar-refractivity contribution in [1.82, 2.24) is 5.32 Å². The predicted octanol–water partition coefficient (Wildman–Crippen LogP) is 5.94. The number of hydrogen-bond donors (Lipinski definition) is 1. The molecule has 1 N–H and O–H groups in total. The number of amides is 1. The maximum atomic E-state index is 13.3. The van der Waals surface area contributed by atoms with Crippen LogP contribution >= 0.6 is 0 Å². The normalized spacial score (nSPS) is 18.2. The second-order valence-corrected chi connectivity index (χ2v) is 9.34. The highest BCUT2D eigenvalue weighted by atomic mass is 16.5. The van der Waals surface area contributed by atoms with Crippen molar-refractivity contribution in [3.05, 3.63) is 64.9 Å². The molecule has 0 saturated heterocycles.